The van der Waals surface area contributed by atoms with Crippen LogP contribution in [0.5, 0.6) is 0 Å². The molecule has 0 spiro atoms. The molecule has 0 amide bonds. The molecule has 2 heteroatoms. The van der Waals surface area contributed by atoms with Gasteiger partial charge in [-0.1, -0.05) is 12.2 Å². The number of esters is 1. The first-order valence-electron chi connectivity index (χ1n) is 3.62. The van der Waals surface area contributed by atoms with E-state index in [0.29, 0.717) is 6.61 Å². The molecular formula is C8H12O2. The quantitative estimate of drug-likeness (QED) is 0.429. The van der Waals surface area contributed by atoms with Gasteiger partial charge in [-0.05, 0) is 19.8 Å². The summed E-state index contributed by atoms with van der Waals surface area (Å²) in [5, 5.41) is 0. The van der Waals surface area contributed by atoms with Crippen LogP contribution in [0.15, 0.2) is 12.2 Å². The monoisotopic (exact) mass is 140 g/mol. The molecule has 0 saturated carbocycles. The summed E-state index contributed by atoms with van der Waals surface area (Å²) in [5.41, 5.74) is 0. The minimum absolute atomic E-state index is 0.0295. The first kappa shape index (κ1) is 7.32. The van der Waals surface area contributed by atoms with E-state index in [1.807, 2.05) is 19.1 Å². The van der Waals surface area contributed by atoms with Crippen LogP contribution in [0.3, 0.4) is 0 Å². The van der Waals surface area contributed by atoms with E-state index in [0.717, 1.165) is 12.8 Å². The summed E-state index contributed by atoms with van der Waals surface area (Å²) in [6.07, 6.45) is 5.71. The van der Waals surface area contributed by atoms with Crippen LogP contribution in [-0.2, 0) is 9.53 Å². The van der Waals surface area contributed by atoms with Gasteiger partial charge in [0.2, 0.25) is 0 Å². The van der Waals surface area contributed by atoms with Crippen molar-refractivity contribution in [2.45, 2.75) is 19.8 Å². The van der Waals surface area contributed by atoms with Gasteiger partial charge in [-0.15, -0.1) is 0 Å². The summed E-state index contributed by atoms with van der Waals surface area (Å²) < 4.78 is 4.79. The molecule has 1 heterocycles. The maximum atomic E-state index is 10.8. The highest BCUT2D eigenvalue weighted by molar-refractivity contribution is 5.74. The SMILES string of the molecule is CC=CCC1CCOC1=O. The molecule has 1 unspecified atom stereocenters. The molecule has 1 saturated heterocycles. The van der Waals surface area contributed by atoms with Gasteiger partial charge >= 0.3 is 5.97 Å². The molecule has 1 aliphatic heterocycles. The normalized spacial score (nSPS) is 25.7. The number of rotatable bonds is 2. The molecule has 56 valence electrons. The summed E-state index contributed by atoms with van der Waals surface area (Å²) in [7, 11) is 0. The van der Waals surface area contributed by atoms with Gasteiger partial charge < -0.3 is 4.74 Å². The largest absolute Gasteiger partial charge is 0.465 e. The Morgan fingerprint density at radius 3 is 3.10 bits per heavy atom. The van der Waals surface area contributed by atoms with Crippen molar-refractivity contribution < 1.29 is 9.53 Å². The van der Waals surface area contributed by atoms with E-state index in [4.69, 9.17) is 4.74 Å². The highest BCUT2D eigenvalue weighted by atomic mass is 16.5. The molecule has 2 nitrogen and oxygen atoms in total. The third-order valence-corrected chi connectivity index (χ3v) is 1.70. The van der Waals surface area contributed by atoms with Gasteiger partial charge in [-0.3, -0.25) is 4.79 Å². The second-order valence-electron chi connectivity index (χ2n) is 2.46. The third-order valence-electron chi connectivity index (χ3n) is 1.70. The van der Waals surface area contributed by atoms with Crippen LogP contribution in [-0.4, -0.2) is 12.6 Å². The number of allylic oxidation sites excluding steroid dienone is 2. The lowest BCUT2D eigenvalue weighted by Crippen LogP contribution is -2.05. The minimum atomic E-state index is -0.0295. The highest BCUT2D eigenvalue weighted by Gasteiger charge is 2.24. The smallest absolute Gasteiger partial charge is 0.309 e. The van der Waals surface area contributed by atoms with Crippen molar-refractivity contribution >= 4 is 5.97 Å². The van der Waals surface area contributed by atoms with Crippen molar-refractivity contribution in [2.75, 3.05) is 6.61 Å². The molecule has 0 aromatic rings. The maximum absolute atomic E-state index is 10.8. The van der Waals surface area contributed by atoms with E-state index in [1.54, 1.807) is 0 Å². The van der Waals surface area contributed by atoms with Gasteiger partial charge in [0.05, 0.1) is 12.5 Å². The Kier molecular flexibility index (Phi) is 2.49. The van der Waals surface area contributed by atoms with Crippen molar-refractivity contribution in [3.63, 3.8) is 0 Å². The molecule has 1 rings (SSSR count). The van der Waals surface area contributed by atoms with E-state index in [-0.39, 0.29) is 11.9 Å². The Morgan fingerprint density at radius 1 is 1.80 bits per heavy atom. The molecule has 1 aliphatic rings. The summed E-state index contributed by atoms with van der Waals surface area (Å²) in [4.78, 5) is 10.8. The first-order chi connectivity index (χ1) is 4.84. The third kappa shape index (κ3) is 1.59. The maximum Gasteiger partial charge on any atom is 0.309 e. The van der Waals surface area contributed by atoms with Gasteiger partial charge in [0.1, 0.15) is 0 Å². The molecule has 0 aromatic carbocycles. The Bertz CT molecular complexity index is 149. The Labute approximate surface area is 60.9 Å². The van der Waals surface area contributed by atoms with Crippen molar-refractivity contribution in [1.29, 1.82) is 0 Å². The van der Waals surface area contributed by atoms with Gasteiger partial charge in [0, 0.05) is 0 Å². The Hall–Kier alpha value is -0.790. The fourth-order valence-electron chi connectivity index (χ4n) is 1.05. The number of carbonyl (C=O) groups excluding carboxylic acids is 1. The molecular weight excluding hydrogens is 128 g/mol. The zero-order valence-electron chi connectivity index (χ0n) is 6.17. The van der Waals surface area contributed by atoms with Gasteiger partial charge in [-0.2, -0.15) is 0 Å². The Morgan fingerprint density at radius 2 is 2.60 bits per heavy atom. The lowest BCUT2D eigenvalue weighted by Gasteiger charge is -1.97. The van der Waals surface area contributed by atoms with Gasteiger partial charge in [0.15, 0.2) is 0 Å². The van der Waals surface area contributed by atoms with Gasteiger partial charge in [0.25, 0.3) is 0 Å². The lowest BCUT2D eigenvalue weighted by atomic mass is 10.0. The fraction of sp³-hybridized carbons (Fsp3) is 0.625. The minimum Gasteiger partial charge on any atom is -0.465 e. The van der Waals surface area contributed by atoms with Crippen molar-refractivity contribution in [2.24, 2.45) is 5.92 Å². The molecule has 1 fully saturated rings. The number of cyclic esters (lactones) is 1. The van der Waals surface area contributed by atoms with Crippen LogP contribution in [0, 0.1) is 5.92 Å². The molecule has 0 aromatic heterocycles. The van der Waals surface area contributed by atoms with E-state index >= 15 is 0 Å². The summed E-state index contributed by atoms with van der Waals surface area (Å²) in [6, 6.07) is 0. The van der Waals surface area contributed by atoms with Crippen molar-refractivity contribution in [1.82, 2.24) is 0 Å². The van der Waals surface area contributed by atoms with Crippen LogP contribution < -0.4 is 0 Å². The van der Waals surface area contributed by atoms with Gasteiger partial charge in [-0.25, -0.2) is 0 Å². The molecule has 0 aliphatic carbocycles. The average molecular weight is 140 g/mol. The van der Waals surface area contributed by atoms with Crippen LogP contribution in [0.1, 0.15) is 19.8 Å². The summed E-state index contributed by atoms with van der Waals surface area (Å²) >= 11 is 0. The molecule has 10 heavy (non-hydrogen) atoms. The topological polar surface area (TPSA) is 26.3 Å². The Balaban J connectivity index is 2.33. The first-order valence-corrected chi connectivity index (χ1v) is 3.62. The van der Waals surface area contributed by atoms with Crippen LogP contribution in [0.25, 0.3) is 0 Å². The number of hydrogen-bond donors (Lipinski definition) is 0. The van der Waals surface area contributed by atoms with Crippen molar-refractivity contribution in [3.05, 3.63) is 12.2 Å². The van der Waals surface area contributed by atoms with Crippen LogP contribution in [0.4, 0.5) is 0 Å². The average Bonchev–Trinajstić information content (AvgIpc) is 2.31. The lowest BCUT2D eigenvalue weighted by molar-refractivity contribution is -0.141. The fourth-order valence-corrected chi connectivity index (χ4v) is 1.05. The van der Waals surface area contributed by atoms with Crippen molar-refractivity contribution in [3.8, 4) is 0 Å². The van der Waals surface area contributed by atoms with E-state index in [9.17, 15) is 4.79 Å². The zero-order valence-corrected chi connectivity index (χ0v) is 6.17. The van der Waals surface area contributed by atoms with E-state index < -0.39 is 0 Å². The molecule has 0 radical (unpaired) electrons. The number of ether oxygens (including phenoxy) is 1. The standard InChI is InChI=1S/C8H12O2/c1-2-3-4-7-5-6-10-8(7)9/h2-3,7H,4-6H2,1H3. The predicted molar refractivity (Wildman–Crippen MR) is 38.5 cm³/mol. The number of carbonyl (C=O) groups is 1. The molecule has 0 bridgehead atoms. The summed E-state index contributed by atoms with van der Waals surface area (Å²) in [6.45, 7) is 2.57. The van der Waals surface area contributed by atoms with E-state index in [2.05, 4.69) is 0 Å². The van der Waals surface area contributed by atoms with Crippen LogP contribution >= 0.6 is 0 Å². The second-order valence-corrected chi connectivity index (χ2v) is 2.46. The summed E-state index contributed by atoms with van der Waals surface area (Å²) in [5.74, 6) is 0.106. The number of hydrogen-bond acceptors (Lipinski definition) is 2. The molecule has 0 N–H and O–H groups in total. The molecule has 1 atom stereocenters. The zero-order chi connectivity index (χ0) is 7.40. The second kappa shape index (κ2) is 3.40. The predicted octanol–water partition coefficient (Wildman–Crippen LogP) is 1.52. The highest BCUT2D eigenvalue weighted by Crippen LogP contribution is 2.17. The van der Waals surface area contributed by atoms with Crippen LogP contribution in [0.2, 0.25) is 0 Å². The van der Waals surface area contributed by atoms with E-state index in [1.165, 1.54) is 0 Å².